The average Bonchev–Trinajstić information content (AvgIpc) is 3.24. The lowest BCUT2D eigenvalue weighted by atomic mass is 10.1. The van der Waals surface area contributed by atoms with Gasteiger partial charge in [-0.15, -0.1) is 0 Å². The number of nitrogens with zero attached hydrogens (tertiary/aromatic N) is 2. The van der Waals surface area contributed by atoms with Crippen molar-refractivity contribution >= 4 is 5.97 Å². The normalized spacial score (nSPS) is 14.1. The molecule has 116 valence electrons. The first kappa shape index (κ1) is 14.8. The van der Waals surface area contributed by atoms with Gasteiger partial charge in [0.15, 0.2) is 0 Å². The lowest BCUT2D eigenvalue weighted by Crippen LogP contribution is -2.13. The minimum absolute atomic E-state index is 0.0494. The van der Waals surface area contributed by atoms with Crippen LogP contribution in [0.4, 0.5) is 0 Å². The maximum atomic E-state index is 12.0. The number of methoxy groups -OCH3 is 1. The number of aromatic nitrogens is 2. The number of carbonyl (C=O) groups excluding carboxylic acids is 1. The highest BCUT2D eigenvalue weighted by atomic mass is 16.5. The predicted octanol–water partition coefficient (Wildman–Crippen LogP) is 2.95. The van der Waals surface area contributed by atoms with Crippen molar-refractivity contribution in [3.05, 3.63) is 41.1 Å². The van der Waals surface area contributed by atoms with Crippen molar-refractivity contribution in [3.8, 4) is 11.6 Å². The van der Waals surface area contributed by atoms with Gasteiger partial charge in [0.05, 0.1) is 23.9 Å². The van der Waals surface area contributed by atoms with E-state index in [0.29, 0.717) is 12.5 Å². The van der Waals surface area contributed by atoms with E-state index in [0.717, 1.165) is 29.8 Å². The number of aryl methyl sites for hydroxylation is 2. The van der Waals surface area contributed by atoms with Gasteiger partial charge in [-0.05, 0) is 38.3 Å². The van der Waals surface area contributed by atoms with Gasteiger partial charge in [0.25, 0.3) is 0 Å². The van der Waals surface area contributed by atoms with Crippen molar-refractivity contribution in [2.24, 2.45) is 5.92 Å². The molecule has 1 aromatic heterocycles. The standard InChI is InChI=1S/C17H20N2O3/c1-11-4-7-15(12(2)8-11)19-16(9-14(18-19)10-21-3)22-17(20)13-5-6-13/h4,7-9,13H,5-6,10H2,1-3H3. The van der Waals surface area contributed by atoms with E-state index in [1.54, 1.807) is 17.9 Å². The number of rotatable bonds is 5. The molecule has 1 aliphatic rings. The van der Waals surface area contributed by atoms with Crippen LogP contribution in [0.2, 0.25) is 0 Å². The van der Waals surface area contributed by atoms with Gasteiger partial charge < -0.3 is 9.47 Å². The van der Waals surface area contributed by atoms with Crippen LogP contribution in [0.3, 0.4) is 0 Å². The quantitative estimate of drug-likeness (QED) is 0.797. The summed E-state index contributed by atoms with van der Waals surface area (Å²) in [5.74, 6) is 0.333. The van der Waals surface area contributed by atoms with Crippen molar-refractivity contribution in [1.82, 2.24) is 9.78 Å². The Balaban J connectivity index is 1.98. The summed E-state index contributed by atoms with van der Waals surface area (Å²) in [6, 6.07) is 7.86. The van der Waals surface area contributed by atoms with Crippen LogP contribution in [0.1, 0.15) is 29.7 Å². The fraction of sp³-hybridized carbons (Fsp3) is 0.412. The molecule has 1 heterocycles. The fourth-order valence-corrected chi connectivity index (χ4v) is 2.42. The molecule has 0 aliphatic heterocycles. The summed E-state index contributed by atoms with van der Waals surface area (Å²) in [6.45, 7) is 4.45. The number of hydrogen-bond acceptors (Lipinski definition) is 4. The molecule has 1 fully saturated rings. The van der Waals surface area contributed by atoms with Gasteiger partial charge in [0, 0.05) is 13.2 Å². The summed E-state index contributed by atoms with van der Waals surface area (Å²) in [5.41, 5.74) is 3.91. The molecule has 0 N–H and O–H groups in total. The van der Waals surface area contributed by atoms with Crippen LogP contribution in [0.25, 0.3) is 5.69 Å². The van der Waals surface area contributed by atoms with Gasteiger partial charge in [-0.25, -0.2) is 4.68 Å². The second-order valence-corrected chi connectivity index (χ2v) is 5.80. The Morgan fingerprint density at radius 2 is 2.09 bits per heavy atom. The lowest BCUT2D eigenvalue weighted by molar-refractivity contribution is -0.136. The van der Waals surface area contributed by atoms with Crippen LogP contribution >= 0.6 is 0 Å². The number of carbonyl (C=O) groups is 1. The van der Waals surface area contributed by atoms with Crippen LogP contribution in [-0.4, -0.2) is 22.9 Å². The van der Waals surface area contributed by atoms with E-state index in [9.17, 15) is 4.79 Å². The molecule has 5 nitrogen and oxygen atoms in total. The Bertz CT molecular complexity index is 702. The van der Waals surface area contributed by atoms with E-state index in [2.05, 4.69) is 11.2 Å². The first-order valence-electron chi connectivity index (χ1n) is 7.45. The largest absolute Gasteiger partial charge is 0.407 e. The molecule has 1 aliphatic carbocycles. The Hall–Kier alpha value is -2.14. The van der Waals surface area contributed by atoms with E-state index < -0.39 is 0 Å². The van der Waals surface area contributed by atoms with Gasteiger partial charge in [-0.2, -0.15) is 5.10 Å². The van der Waals surface area contributed by atoms with Crippen LogP contribution in [0.15, 0.2) is 24.3 Å². The molecular weight excluding hydrogens is 280 g/mol. The summed E-state index contributed by atoms with van der Waals surface area (Å²) >= 11 is 0. The van der Waals surface area contributed by atoms with Crippen LogP contribution < -0.4 is 4.74 Å². The third-order valence-electron chi connectivity index (χ3n) is 3.72. The van der Waals surface area contributed by atoms with Crippen LogP contribution in [-0.2, 0) is 16.1 Å². The number of benzene rings is 1. The molecule has 5 heteroatoms. The first-order chi connectivity index (χ1) is 10.6. The topological polar surface area (TPSA) is 53.4 Å². The molecule has 0 spiro atoms. The highest BCUT2D eigenvalue weighted by Crippen LogP contribution is 2.32. The van der Waals surface area contributed by atoms with E-state index >= 15 is 0 Å². The summed E-state index contributed by atoms with van der Waals surface area (Å²) in [7, 11) is 1.62. The van der Waals surface area contributed by atoms with Crippen molar-refractivity contribution in [1.29, 1.82) is 0 Å². The molecule has 0 radical (unpaired) electrons. The lowest BCUT2D eigenvalue weighted by Gasteiger charge is -2.10. The molecule has 0 amide bonds. The summed E-state index contributed by atoms with van der Waals surface area (Å²) in [6.07, 6.45) is 1.84. The molecule has 0 atom stereocenters. The van der Waals surface area contributed by atoms with Gasteiger partial charge in [-0.3, -0.25) is 4.79 Å². The average molecular weight is 300 g/mol. The Morgan fingerprint density at radius 3 is 2.73 bits per heavy atom. The zero-order valence-electron chi connectivity index (χ0n) is 13.1. The van der Waals surface area contributed by atoms with Crippen molar-refractivity contribution < 1.29 is 14.3 Å². The molecule has 0 unspecified atom stereocenters. The summed E-state index contributed by atoms with van der Waals surface area (Å²) in [4.78, 5) is 12.0. The third-order valence-corrected chi connectivity index (χ3v) is 3.72. The Kier molecular flexibility index (Phi) is 3.98. The molecule has 3 rings (SSSR count). The zero-order chi connectivity index (χ0) is 15.7. The van der Waals surface area contributed by atoms with E-state index in [1.807, 2.05) is 26.0 Å². The molecule has 0 saturated heterocycles. The van der Waals surface area contributed by atoms with Crippen molar-refractivity contribution in [3.63, 3.8) is 0 Å². The molecule has 22 heavy (non-hydrogen) atoms. The highest BCUT2D eigenvalue weighted by Gasteiger charge is 2.32. The maximum Gasteiger partial charge on any atom is 0.315 e. The molecule has 0 bridgehead atoms. The van der Waals surface area contributed by atoms with Gasteiger partial charge in [0.1, 0.15) is 0 Å². The van der Waals surface area contributed by atoms with Crippen LogP contribution in [0, 0.1) is 19.8 Å². The zero-order valence-corrected chi connectivity index (χ0v) is 13.1. The number of hydrogen-bond donors (Lipinski definition) is 0. The molecule has 2 aromatic rings. The van der Waals surface area contributed by atoms with E-state index in [1.165, 1.54) is 5.56 Å². The predicted molar refractivity (Wildman–Crippen MR) is 82.1 cm³/mol. The number of esters is 1. The second kappa shape index (κ2) is 5.93. The number of ether oxygens (including phenoxy) is 2. The monoisotopic (exact) mass is 300 g/mol. The molecule has 1 aromatic carbocycles. The van der Waals surface area contributed by atoms with E-state index in [4.69, 9.17) is 9.47 Å². The summed E-state index contributed by atoms with van der Waals surface area (Å²) < 4.78 is 12.4. The van der Waals surface area contributed by atoms with E-state index in [-0.39, 0.29) is 11.9 Å². The van der Waals surface area contributed by atoms with Crippen molar-refractivity contribution in [2.75, 3.05) is 7.11 Å². The Morgan fingerprint density at radius 1 is 1.32 bits per heavy atom. The van der Waals surface area contributed by atoms with Gasteiger partial charge >= 0.3 is 5.97 Å². The SMILES string of the molecule is COCc1cc(OC(=O)C2CC2)n(-c2ccc(C)cc2C)n1. The minimum atomic E-state index is -0.171. The highest BCUT2D eigenvalue weighted by molar-refractivity contribution is 5.77. The second-order valence-electron chi connectivity index (χ2n) is 5.80. The third kappa shape index (κ3) is 3.04. The van der Waals surface area contributed by atoms with Crippen molar-refractivity contribution in [2.45, 2.75) is 33.3 Å². The smallest absolute Gasteiger partial charge is 0.315 e. The molecule has 1 saturated carbocycles. The van der Waals surface area contributed by atoms with Gasteiger partial charge in [-0.1, -0.05) is 17.7 Å². The Labute approximate surface area is 129 Å². The molecular formula is C17H20N2O3. The fourth-order valence-electron chi connectivity index (χ4n) is 2.42. The van der Waals surface area contributed by atoms with Crippen LogP contribution in [0.5, 0.6) is 5.88 Å². The summed E-state index contributed by atoms with van der Waals surface area (Å²) in [5, 5.41) is 4.51. The maximum absolute atomic E-state index is 12.0. The minimum Gasteiger partial charge on any atom is -0.407 e. The first-order valence-corrected chi connectivity index (χ1v) is 7.45. The van der Waals surface area contributed by atoms with Gasteiger partial charge in [0.2, 0.25) is 5.88 Å².